The summed E-state index contributed by atoms with van der Waals surface area (Å²) >= 11 is 11.7. The van der Waals surface area contributed by atoms with Gasteiger partial charge in [0, 0.05) is 33.6 Å². The van der Waals surface area contributed by atoms with Crippen molar-refractivity contribution in [3.05, 3.63) is 129 Å². The minimum absolute atomic E-state index is 0.0127. The number of nitrogens with zero attached hydrogens (tertiary/aromatic N) is 7. The van der Waals surface area contributed by atoms with Gasteiger partial charge in [0.1, 0.15) is 29.9 Å². The number of amides is 2. The highest BCUT2D eigenvalue weighted by Crippen LogP contribution is 2.31. The van der Waals surface area contributed by atoms with Crippen LogP contribution in [0, 0.1) is 23.3 Å². The smallest absolute Gasteiger partial charge is 0.314 e. The van der Waals surface area contributed by atoms with Crippen LogP contribution in [0.5, 0.6) is 0 Å². The number of hydrogen-bond acceptors (Lipinski definition) is 13. The second-order valence-corrected chi connectivity index (χ2v) is 18.1. The van der Waals surface area contributed by atoms with Gasteiger partial charge in [0.25, 0.3) is 27.8 Å². The summed E-state index contributed by atoms with van der Waals surface area (Å²) in [6.07, 6.45) is -0.419. The van der Waals surface area contributed by atoms with E-state index in [0.717, 1.165) is 67.4 Å². The maximum absolute atomic E-state index is 14.9. The number of halogens is 10. The minimum Gasteiger partial charge on any atom is -0.415 e. The summed E-state index contributed by atoms with van der Waals surface area (Å²) in [6, 6.07) is 14.5. The maximum Gasteiger partial charge on any atom is 0.314 e. The molecule has 2 fully saturated rings. The van der Waals surface area contributed by atoms with Crippen molar-refractivity contribution >= 4 is 56.5 Å². The van der Waals surface area contributed by atoms with Crippen molar-refractivity contribution in [2.45, 2.75) is 51.6 Å². The lowest BCUT2D eigenvalue weighted by Crippen LogP contribution is -2.39. The van der Waals surface area contributed by atoms with Crippen LogP contribution in [0.2, 0.25) is 10.0 Å². The SMILES string of the molecule is C1CCNC1.CS(=O)(=O)OCC(=O)N(Cc1ccc(-c2nnc(C(F)F)o2)cc1F)c1ccc(F)c(Cl)c1.O=C(CN1CCCC1)N(Cc1ccc(-c2nnc(C(F)F)o2)cc1F)c1ccc(F)c(Cl)c1. The predicted molar refractivity (Wildman–Crippen MR) is 243 cm³/mol. The quantitative estimate of drug-likeness (QED) is 0.0760. The van der Waals surface area contributed by atoms with Crippen LogP contribution in [0.1, 0.15) is 61.4 Å². The number of rotatable bonds is 15. The molecular weight excluding hydrogens is 1020 g/mol. The number of anilines is 2. The summed E-state index contributed by atoms with van der Waals surface area (Å²) in [4.78, 5) is 30.0. The van der Waals surface area contributed by atoms with E-state index in [1.165, 1.54) is 73.3 Å². The third-order valence-corrected chi connectivity index (χ3v) is 11.6. The van der Waals surface area contributed by atoms with E-state index in [4.69, 9.17) is 32.0 Å². The number of hydrogen-bond donors (Lipinski definition) is 1. The van der Waals surface area contributed by atoms with E-state index in [9.17, 15) is 53.1 Å². The Hall–Kier alpha value is -6.05. The Morgan fingerprint density at radius 1 is 0.662 bits per heavy atom. The molecule has 26 heteroatoms. The average Bonchev–Trinajstić information content (AvgIpc) is 4.19. The van der Waals surface area contributed by atoms with Crippen molar-refractivity contribution in [2.75, 3.05) is 55.4 Å². The van der Waals surface area contributed by atoms with Crippen LogP contribution in [0.3, 0.4) is 0 Å². The number of alkyl halides is 4. The van der Waals surface area contributed by atoms with E-state index in [1.807, 2.05) is 4.90 Å². The molecule has 4 heterocycles. The fourth-order valence-electron chi connectivity index (χ4n) is 6.87. The summed E-state index contributed by atoms with van der Waals surface area (Å²) in [7, 11) is -3.96. The molecule has 6 aromatic rings. The van der Waals surface area contributed by atoms with Gasteiger partial charge < -0.3 is 24.0 Å². The Morgan fingerprint density at radius 2 is 1.11 bits per heavy atom. The summed E-state index contributed by atoms with van der Waals surface area (Å²) in [5, 5.41) is 16.1. The lowest BCUT2D eigenvalue weighted by molar-refractivity contribution is -0.121. The van der Waals surface area contributed by atoms with E-state index in [0.29, 0.717) is 5.69 Å². The van der Waals surface area contributed by atoms with Gasteiger partial charge in [0.15, 0.2) is 0 Å². The molecular formula is C45H42Cl2F8N8O7S. The second-order valence-electron chi connectivity index (χ2n) is 15.7. The van der Waals surface area contributed by atoms with Gasteiger partial charge >= 0.3 is 12.9 Å². The van der Waals surface area contributed by atoms with E-state index < -0.39 is 77.1 Å². The molecule has 15 nitrogen and oxygen atoms in total. The molecule has 0 spiro atoms. The van der Waals surface area contributed by atoms with Crippen LogP contribution in [-0.4, -0.2) is 91.1 Å². The van der Waals surface area contributed by atoms with Crippen molar-refractivity contribution < 1.29 is 66.1 Å². The first kappa shape index (κ1) is 54.3. The molecule has 2 aliphatic heterocycles. The molecule has 2 saturated heterocycles. The van der Waals surface area contributed by atoms with Gasteiger partial charge in [-0.05, 0) is 113 Å². The van der Waals surface area contributed by atoms with Crippen molar-refractivity contribution in [3.8, 4) is 22.9 Å². The zero-order valence-corrected chi connectivity index (χ0v) is 39.6. The number of carbonyl (C=O) groups is 2. The molecule has 71 heavy (non-hydrogen) atoms. The molecule has 0 aliphatic carbocycles. The Balaban J connectivity index is 0.000000211. The van der Waals surface area contributed by atoms with Crippen LogP contribution < -0.4 is 15.1 Å². The fourth-order valence-corrected chi connectivity index (χ4v) is 7.53. The lowest BCUT2D eigenvalue weighted by atomic mass is 10.1. The normalized spacial score (nSPS) is 13.8. The number of carbonyl (C=O) groups excluding carboxylic acids is 2. The van der Waals surface area contributed by atoms with Crippen LogP contribution in [0.25, 0.3) is 22.9 Å². The molecule has 0 bridgehead atoms. The molecule has 0 unspecified atom stereocenters. The Morgan fingerprint density at radius 3 is 1.48 bits per heavy atom. The predicted octanol–water partition coefficient (Wildman–Crippen LogP) is 9.72. The summed E-state index contributed by atoms with van der Waals surface area (Å²) in [6.45, 7) is 2.74. The number of nitrogens with one attached hydrogen (secondary N) is 1. The van der Waals surface area contributed by atoms with Gasteiger partial charge in [-0.2, -0.15) is 26.0 Å². The fraction of sp³-hybridized carbons (Fsp3) is 0.333. The average molecular weight is 1060 g/mol. The van der Waals surface area contributed by atoms with Crippen LogP contribution in [0.4, 0.5) is 46.5 Å². The standard InChI is InChI=1S/C22H19ClF4N4O2.C19H14ClF4N3O5S.C4H9N/c23-16-10-15(5-6-17(16)24)31(19(32)12-30-7-1-2-8-30)11-14-4-3-13(9-18(14)25)21-28-29-22(33-21)20(26)27;1-33(29,30)31-9-16(28)27(12-4-5-14(21)13(20)7-12)8-11-3-2-10(6-15(11)22)18-25-26-19(32-18)17(23)24;1-2-4-5-3-1/h3-6,9-10,20H,1-2,7-8,11-12H2;2-7,17H,8-9H2,1H3;5H,1-4H2. The molecule has 1 N–H and O–H groups in total. The molecule has 0 radical (unpaired) electrons. The van der Waals surface area contributed by atoms with Gasteiger partial charge in [0.05, 0.1) is 35.9 Å². The Kier molecular flexibility index (Phi) is 19.0. The topological polar surface area (TPSA) is 177 Å². The first-order valence-electron chi connectivity index (χ1n) is 21.3. The van der Waals surface area contributed by atoms with Crippen molar-refractivity contribution in [2.24, 2.45) is 0 Å². The zero-order chi connectivity index (χ0) is 51.4. The number of aromatic nitrogens is 4. The number of benzene rings is 4. The largest absolute Gasteiger partial charge is 0.415 e. The van der Waals surface area contributed by atoms with E-state index in [-0.39, 0.29) is 68.8 Å². The van der Waals surface area contributed by atoms with Crippen LogP contribution >= 0.6 is 23.2 Å². The Labute approximate surface area is 410 Å². The summed E-state index contributed by atoms with van der Waals surface area (Å²) in [5.41, 5.74) is 0.607. The van der Waals surface area contributed by atoms with Crippen molar-refractivity contribution in [1.82, 2.24) is 30.6 Å². The minimum atomic E-state index is -3.96. The highest BCUT2D eigenvalue weighted by Gasteiger charge is 2.26. The highest BCUT2D eigenvalue weighted by atomic mass is 35.5. The first-order valence-corrected chi connectivity index (χ1v) is 23.9. The monoisotopic (exact) mass is 1060 g/mol. The number of likely N-dealkylation sites (tertiary alicyclic amines) is 1. The Bertz CT molecular complexity index is 2900. The second kappa shape index (κ2) is 24.9. The van der Waals surface area contributed by atoms with Crippen molar-refractivity contribution in [3.63, 3.8) is 0 Å². The van der Waals surface area contributed by atoms with Gasteiger partial charge in [-0.1, -0.05) is 35.3 Å². The molecule has 4 aromatic carbocycles. The van der Waals surface area contributed by atoms with Crippen LogP contribution in [0.15, 0.2) is 81.6 Å². The maximum atomic E-state index is 14.9. The zero-order valence-electron chi connectivity index (χ0n) is 37.2. The van der Waals surface area contributed by atoms with Gasteiger partial charge in [0.2, 0.25) is 17.7 Å². The summed E-state index contributed by atoms with van der Waals surface area (Å²) in [5.74, 6) is -6.50. The molecule has 8 rings (SSSR count). The molecule has 2 aromatic heterocycles. The van der Waals surface area contributed by atoms with Crippen LogP contribution in [-0.2, 0) is 37.0 Å². The van der Waals surface area contributed by atoms with E-state index >= 15 is 0 Å². The molecule has 380 valence electrons. The van der Waals surface area contributed by atoms with Gasteiger partial charge in [-0.25, -0.2) is 17.6 Å². The van der Waals surface area contributed by atoms with E-state index in [2.05, 4.69) is 29.9 Å². The third kappa shape index (κ3) is 15.5. The molecule has 2 amide bonds. The van der Waals surface area contributed by atoms with Gasteiger partial charge in [-0.15, -0.1) is 20.4 Å². The summed E-state index contributed by atoms with van der Waals surface area (Å²) < 4.78 is 144. The van der Waals surface area contributed by atoms with Crippen molar-refractivity contribution in [1.29, 1.82) is 0 Å². The molecule has 2 aliphatic rings. The first-order chi connectivity index (χ1) is 33.8. The molecule has 0 saturated carbocycles. The lowest BCUT2D eigenvalue weighted by Gasteiger charge is -2.26. The highest BCUT2D eigenvalue weighted by molar-refractivity contribution is 7.86. The van der Waals surface area contributed by atoms with E-state index in [1.54, 1.807) is 0 Å². The van der Waals surface area contributed by atoms with Gasteiger partial charge in [-0.3, -0.25) is 18.7 Å². The third-order valence-electron chi connectivity index (χ3n) is 10.5. The molecule has 0 atom stereocenters.